The van der Waals surface area contributed by atoms with Crippen LogP contribution in [-0.2, 0) is 11.2 Å². The van der Waals surface area contributed by atoms with E-state index in [4.69, 9.17) is 0 Å². The molecule has 1 saturated heterocycles. The smallest absolute Gasteiger partial charge is 0.223 e. The Morgan fingerprint density at radius 3 is 3.09 bits per heavy atom. The number of amides is 1. The van der Waals surface area contributed by atoms with Gasteiger partial charge in [0.2, 0.25) is 5.91 Å². The zero-order valence-electron chi connectivity index (χ0n) is 12.4. The molecule has 0 saturated carbocycles. The van der Waals surface area contributed by atoms with Crippen molar-refractivity contribution >= 4 is 5.91 Å². The van der Waals surface area contributed by atoms with E-state index in [1.807, 2.05) is 11.0 Å². The van der Waals surface area contributed by atoms with Gasteiger partial charge in [-0.1, -0.05) is 24.3 Å². The van der Waals surface area contributed by atoms with Gasteiger partial charge in [0.1, 0.15) is 5.82 Å². The van der Waals surface area contributed by atoms with Gasteiger partial charge in [-0.05, 0) is 30.0 Å². The molecule has 2 aromatic rings. The Morgan fingerprint density at radius 2 is 2.36 bits per heavy atom. The summed E-state index contributed by atoms with van der Waals surface area (Å²) in [4.78, 5) is 14.3. The van der Waals surface area contributed by atoms with Gasteiger partial charge in [0.25, 0.3) is 0 Å². The first-order valence-corrected chi connectivity index (χ1v) is 7.40. The van der Waals surface area contributed by atoms with Crippen LogP contribution in [0.15, 0.2) is 24.3 Å². The normalized spacial score (nSPS) is 21.3. The summed E-state index contributed by atoms with van der Waals surface area (Å²) in [5, 5.41) is 13.6. The van der Waals surface area contributed by atoms with E-state index in [-0.39, 0.29) is 17.8 Å². The Kier molecular flexibility index (Phi) is 4.13. The van der Waals surface area contributed by atoms with E-state index >= 15 is 0 Å². The average Bonchev–Trinajstić information content (AvgIpc) is 3.14. The summed E-state index contributed by atoms with van der Waals surface area (Å²) in [5.41, 5.74) is 0.859. The minimum Gasteiger partial charge on any atom is -0.335 e. The first-order chi connectivity index (χ1) is 10.6. The van der Waals surface area contributed by atoms with Crippen molar-refractivity contribution in [3.63, 3.8) is 0 Å². The summed E-state index contributed by atoms with van der Waals surface area (Å²) in [6.45, 7) is 2.81. The number of hydrogen-bond donors (Lipinski definition) is 1. The van der Waals surface area contributed by atoms with Crippen molar-refractivity contribution in [1.82, 2.24) is 25.5 Å². The summed E-state index contributed by atoms with van der Waals surface area (Å²) < 4.78 is 13.4. The van der Waals surface area contributed by atoms with Crippen molar-refractivity contribution in [2.24, 2.45) is 5.92 Å². The third-order valence-corrected chi connectivity index (χ3v) is 4.02. The molecular weight excluding hydrogens is 285 g/mol. The topological polar surface area (TPSA) is 74.8 Å². The molecule has 1 aromatic heterocycles. The maximum Gasteiger partial charge on any atom is 0.223 e. The lowest BCUT2D eigenvalue weighted by molar-refractivity contribution is -0.132. The number of hydrogen-bond acceptors (Lipinski definition) is 4. The SMILES string of the molecule is CC1CC(c2cccc(F)c2)N(C(=O)CCc2nn[nH]n2)C1. The summed E-state index contributed by atoms with van der Waals surface area (Å²) in [5.74, 6) is 0.713. The van der Waals surface area contributed by atoms with E-state index in [1.54, 1.807) is 6.07 Å². The van der Waals surface area contributed by atoms with Gasteiger partial charge >= 0.3 is 0 Å². The molecule has 22 heavy (non-hydrogen) atoms. The zero-order chi connectivity index (χ0) is 15.5. The summed E-state index contributed by atoms with van der Waals surface area (Å²) in [7, 11) is 0. The molecule has 0 radical (unpaired) electrons. The largest absolute Gasteiger partial charge is 0.335 e. The highest BCUT2D eigenvalue weighted by atomic mass is 19.1. The number of nitrogens with one attached hydrogen (secondary N) is 1. The van der Waals surface area contributed by atoms with Crippen LogP contribution in [-0.4, -0.2) is 38.0 Å². The van der Waals surface area contributed by atoms with Crippen molar-refractivity contribution in [3.05, 3.63) is 41.5 Å². The molecule has 1 aromatic carbocycles. The van der Waals surface area contributed by atoms with Gasteiger partial charge in [0, 0.05) is 19.4 Å². The summed E-state index contributed by atoms with van der Waals surface area (Å²) in [6, 6.07) is 6.45. The minimum atomic E-state index is -0.267. The predicted molar refractivity (Wildman–Crippen MR) is 77.1 cm³/mol. The highest BCUT2D eigenvalue weighted by Gasteiger charge is 2.33. The van der Waals surface area contributed by atoms with Gasteiger partial charge in [-0.3, -0.25) is 4.79 Å². The van der Waals surface area contributed by atoms with E-state index < -0.39 is 0 Å². The Balaban J connectivity index is 1.71. The number of likely N-dealkylation sites (tertiary alicyclic amines) is 1. The molecule has 3 rings (SSSR count). The van der Waals surface area contributed by atoms with Crippen molar-refractivity contribution in [3.8, 4) is 0 Å². The van der Waals surface area contributed by atoms with Crippen LogP contribution in [0.1, 0.15) is 37.2 Å². The molecule has 1 amide bonds. The number of rotatable bonds is 4. The zero-order valence-corrected chi connectivity index (χ0v) is 12.4. The van der Waals surface area contributed by atoms with Crippen molar-refractivity contribution in [2.45, 2.75) is 32.2 Å². The van der Waals surface area contributed by atoms with Crippen LogP contribution in [0.5, 0.6) is 0 Å². The van der Waals surface area contributed by atoms with Crippen LogP contribution in [0.3, 0.4) is 0 Å². The van der Waals surface area contributed by atoms with Crippen LogP contribution in [0.25, 0.3) is 0 Å². The fourth-order valence-electron chi connectivity index (χ4n) is 3.00. The number of aryl methyl sites for hydroxylation is 1. The van der Waals surface area contributed by atoms with Crippen LogP contribution >= 0.6 is 0 Å². The minimum absolute atomic E-state index is 0.0448. The molecule has 1 aliphatic heterocycles. The molecule has 116 valence electrons. The number of aromatic amines is 1. The van der Waals surface area contributed by atoms with Gasteiger partial charge < -0.3 is 4.90 Å². The number of H-pyrrole nitrogens is 1. The van der Waals surface area contributed by atoms with Crippen LogP contribution in [0.2, 0.25) is 0 Å². The number of nitrogens with zero attached hydrogens (tertiary/aromatic N) is 4. The molecular formula is C15H18FN5O. The molecule has 2 atom stereocenters. The molecule has 1 aliphatic rings. The highest BCUT2D eigenvalue weighted by molar-refractivity contribution is 5.77. The fraction of sp³-hybridized carbons (Fsp3) is 0.467. The van der Waals surface area contributed by atoms with E-state index in [0.717, 1.165) is 12.0 Å². The number of carbonyl (C=O) groups is 1. The van der Waals surface area contributed by atoms with Crippen molar-refractivity contribution < 1.29 is 9.18 Å². The van der Waals surface area contributed by atoms with E-state index in [1.165, 1.54) is 12.1 Å². The van der Waals surface area contributed by atoms with E-state index in [2.05, 4.69) is 27.5 Å². The molecule has 6 nitrogen and oxygen atoms in total. The van der Waals surface area contributed by atoms with Gasteiger partial charge in [-0.15, -0.1) is 10.2 Å². The molecule has 0 aliphatic carbocycles. The lowest BCUT2D eigenvalue weighted by Crippen LogP contribution is -2.31. The highest BCUT2D eigenvalue weighted by Crippen LogP contribution is 2.35. The third kappa shape index (κ3) is 3.13. The third-order valence-electron chi connectivity index (χ3n) is 4.02. The molecule has 1 fully saturated rings. The van der Waals surface area contributed by atoms with E-state index in [9.17, 15) is 9.18 Å². The van der Waals surface area contributed by atoms with Crippen LogP contribution < -0.4 is 0 Å². The number of benzene rings is 1. The molecule has 7 heteroatoms. The lowest BCUT2D eigenvalue weighted by Gasteiger charge is -2.25. The summed E-state index contributed by atoms with van der Waals surface area (Å²) >= 11 is 0. The number of aromatic nitrogens is 4. The first-order valence-electron chi connectivity index (χ1n) is 7.40. The average molecular weight is 303 g/mol. The Morgan fingerprint density at radius 1 is 1.50 bits per heavy atom. The van der Waals surface area contributed by atoms with Gasteiger partial charge in [0.05, 0.1) is 6.04 Å². The quantitative estimate of drug-likeness (QED) is 0.936. The summed E-state index contributed by atoms with van der Waals surface area (Å²) in [6.07, 6.45) is 1.64. The van der Waals surface area contributed by atoms with Crippen molar-refractivity contribution in [2.75, 3.05) is 6.54 Å². The Hall–Kier alpha value is -2.31. The standard InChI is InChI=1S/C15H18FN5O/c1-10-7-13(11-3-2-4-12(16)8-11)21(9-10)15(22)6-5-14-17-19-20-18-14/h2-4,8,10,13H,5-7,9H2,1H3,(H,17,18,19,20). The molecule has 0 bridgehead atoms. The predicted octanol–water partition coefficient (Wildman–Crippen LogP) is 1.88. The Bertz CT molecular complexity index is 645. The molecule has 2 unspecified atom stereocenters. The van der Waals surface area contributed by atoms with Gasteiger partial charge in [-0.25, -0.2) is 4.39 Å². The monoisotopic (exact) mass is 303 g/mol. The number of tetrazole rings is 1. The second-order valence-corrected chi connectivity index (χ2v) is 5.79. The first kappa shape index (κ1) is 14.6. The van der Waals surface area contributed by atoms with Crippen LogP contribution in [0.4, 0.5) is 4.39 Å². The molecule has 2 heterocycles. The van der Waals surface area contributed by atoms with Crippen molar-refractivity contribution in [1.29, 1.82) is 0 Å². The fourth-order valence-corrected chi connectivity index (χ4v) is 3.00. The van der Waals surface area contributed by atoms with Crippen LogP contribution in [0, 0.1) is 11.7 Å². The lowest BCUT2D eigenvalue weighted by atomic mass is 10.0. The maximum absolute atomic E-state index is 13.4. The second-order valence-electron chi connectivity index (χ2n) is 5.79. The maximum atomic E-state index is 13.4. The molecule has 0 spiro atoms. The second kappa shape index (κ2) is 6.21. The number of halogens is 1. The molecule has 1 N–H and O–H groups in total. The Labute approximate surface area is 127 Å². The van der Waals surface area contributed by atoms with Gasteiger partial charge in [-0.2, -0.15) is 5.21 Å². The van der Waals surface area contributed by atoms with E-state index in [0.29, 0.717) is 31.1 Å². The van der Waals surface area contributed by atoms with Gasteiger partial charge in [0.15, 0.2) is 5.82 Å². The number of carbonyl (C=O) groups excluding carboxylic acids is 1.